The van der Waals surface area contributed by atoms with Gasteiger partial charge in [-0.15, -0.1) is 0 Å². The second-order valence-corrected chi connectivity index (χ2v) is 22.4. The number of carbonyl (C=O) groups is 2. The van der Waals surface area contributed by atoms with Gasteiger partial charge in [0.1, 0.15) is 18.0 Å². The van der Waals surface area contributed by atoms with Crippen molar-refractivity contribution < 1.29 is 120 Å². The first-order chi connectivity index (χ1) is 40.7. The van der Waals surface area contributed by atoms with Crippen LogP contribution in [-0.2, 0) is 35.0 Å². The quantitative estimate of drug-likeness (QED) is 0.0276. The average molecular weight is 1310 g/mol. The van der Waals surface area contributed by atoms with E-state index in [-0.39, 0.29) is 28.6 Å². The minimum atomic E-state index is -5.10. The molecule has 0 aliphatic heterocycles. The maximum atomic E-state index is 13.1. The molecule has 0 saturated heterocycles. The fourth-order valence-electron chi connectivity index (χ4n) is 8.74. The van der Waals surface area contributed by atoms with E-state index in [1.807, 2.05) is 56.3 Å². The molecule has 9 unspecified atom stereocenters. The Morgan fingerprint density at radius 3 is 1.40 bits per heavy atom. The topological polar surface area (TPSA) is 172 Å². The van der Waals surface area contributed by atoms with E-state index >= 15 is 0 Å². The zero-order chi connectivity index (χ0) is 69.8. The van der Waals surface area contributed by atoms with Crippen molar-refractivity contribution in [2.75, 3.05) is 6.61 Å². The van der Waals surface area contributed by atoms with Crippen molar-refractivity contribution in [2.24, 2.45) is 11.8 Å². The van der Waals surface area contributed by atoms with Crippen LogP contribution in [0.2, 0.25) is 0 Å². The first-order valence-electron chi connectivity index (χ1n) is 27.4. The van der Waals surface area contributed by atoms with Crippen LogP contribution in [0.1, 0.15) is 128 Å². The molecule has 11 nitrogen and oxygen atoms in total. The SMILES string of the molecule is C=C(C)C(=O)OC(C)CC(C)(O)C(F)(F)F.C=C(C)C(=O)OC1CC(C(C)(O)C(F)(F)F)CC(C(C)(O)C(F)(F)F)C1.C=Cc1ccc(C(C)(O)C(F)(F)F)cc1.C=Cc1ccc(OC(C)OCC)cc1.CC(O)(c1ccc2c3c(cccc13)C=C2)C(F)(F)F. The predicted octanol–water partition coefficient (Wildman–Crippen LogP) is 16.0. The van der Waals surface area contributed by atoms with E-state index in [2.05, 4.69) is 31.1 Å². The first kappa shape index (κ1) is 79.4. The number of rotatable bonds is 16. The van der Waals surface area contributed by atoms with E-state index < -0.39 is 121 Å². The van der Waals surface area contributed by atoms with Crippen LogP contribution in [0.4, 0.5) is 65.9 Å². The van der Waals surface area contributed by atoms with Crippen molar-refractivity contribution >= 4 is 47.0 Å². The Balaban J connectivity index is 0.000000391. The van der Waals surface area contributed by atoms with Crippen molar-refractivity contribution in [1.82, 2.24) is 0 Å². The summed E-state index contributed by atoms with van der Waals surface area (Å²) in [6.07, 6.45) is -22.3. The number of ether oxygens (including phenoxy) is 4. The van der Waals surface area contributed by atoms with Crippen LogP contribution in [0.5, 0.6) is 5.75 Å². The monoisotopic (exact) mass is 1300 g/mol. The number of hydrogen-bond acceptors (Lipinski definition) is 11. The van der Waals surface area contributed by atoms with Gasteiger partial charge in [0, 0.05) is 41.6 Å². The molecule has 0 bridgehead atoms. The third-order valence-corrected chi connectivity index (χ3v) is 14.7. The smallest absolute Gasteiger partial charge is 0.421 e. The molecule has 5 N–H and O–H groups in total. The van der Waals surface area contributed by atoms with E-state index in [0.717, 1.165) is 41.7 Å². The number of aliphatic hydroxyl groups is 5. The van der Waals surface area contributed by atoms with Crippen molar-refractivity contribution in [3.63, 3.8) is 0 Å². The fraction of sp³-hybridized carbons (Fsp3) is 0.469. The van der Waals surface area contributed by atoms with Crippen LogP contribution >= 0.6 is 0 Å². The molecule has 1 fully saturated rings. The Kier molecular flexibility index (Phi) is 27.0. The van der Waals surface area contributed by atoms with Gasteiger partial charge < -0.3 is 44.5 Å². The first-order valence-corrected chi connectivity index (χ1v) is 27.4. The molecule has 4 aromatic rings. The van der Waals surface area contributed by atoms with Gasteiger partial charge in [0.15, 0.2) is 34.3 Å². The summed E-state index contributed by atoms with van der Waals surface area (Å²) in [4.78, 5) is 22.6. The maximum Gasteiger partial charge on any atom is 0.421 e. The standard InChI is InChI=1S/C16H22F6O4.C15H11F3O.C12H16O2.C11H11F3O.C10H15F3O3/c1-8(2)12(23)26-11-6-9(13(3,24)15(17,18)19)5-10(7-11)14(4,25)16(20,21)22;1-14(19,15(16,17)18)12-8-7-10-6-5-9-3-2-4-11(12)13(9)10;1-4-11-6-8-12(9-7-11)14-10(3)13-5-2;1-3-8-4-6-9(7-5-8)10(2,15)11(12,13)14;1-6(2)8(14)16-7(3)5-9(4,15)10(11,12)13/h9-11,24-25H,1,5-7H2,2-4H3;2-8,19H,1H3;4,6-10H,1,5H2,2-3H3;3-7,15H,1H2,2H3;7,15H,1,5H2,2-4H3. The number of carbonyl (C=O) groups excluding carboxylic acids is 2. The molecule has 2 aliphatic rings. The van der Waals surface area contributed by atoms with Crippen LogP contribution in [0, 0.1) is 11.8 Å². The molecule has 4 aromatic carbocycles. The lowest BCUT2D eigenvalue weighted by molar-refractivity contribution is -0.299. The average Bonchev–Trinajstić information content (AvgIpc) is 1.36. The Labute approximate surface area is 511 Å². The third-order valence-electron chi connectivity index (χ3n) is 14.7. The van der Waals surface area contributed by atoms with Gasteiger partial charge in [-0.1, -0.05) is 117 Å². The van der Waals surface area contributed by atoms with Crippen LogP contribution in [0.15, 0.2) is 116 Å². The molecule has 26 heteroatoms. The highest BCUT2D eigenvalue weighted by atomic mass is 19.4. The summed E-state index contributed by atoms with van der Waals surface area (Å²) in [7, 11) is 0. The molecule has 0 spiro atoms. The molecular formula is C64H75F15O11. The Morgan fingerprint density at radius 2 is 1.01 bits per heavy atom. The van der Waals surface area contributed by atoms with Gasteiger partial charge in [-0.05, 0) is 139 Å². The highest BCUT2D eigenvalue weighted by molar-refractivity contribution is 6.06. The van der Waals surface area contributed by atoms with E-state index in [0.29, 0.717) is 38.3 Å². The molecule has 0 radical (unpaired) electrons. The largest absolute Gasteiger partial charge is 0.465 e. The molecule has 502 valence electrons. The second kappa shape index (κ2) is 30.6. The zero-order valence-electron chi connectivity index (χ0n) is 50.9. The Bertz CT molecular complexity index is 3050. The van der Waals surface area contributed by atoms with Crippen LogP contribution in [-0.4, -0.2) is 110 Å². The second-order valence-electron chi connectivity index (χ2n) is 22.4. The van der Waals surface area contributed by atoms with Gasteiger partial charge >= 0.3 is 42.8 Å². The minimum absolute atomic E-state index is 0.0752. The van der Waals surface area contributed by atoms with Crippen molar-refractivity contribution in [3.8, 4) is 5.75 Å². The molecule has 0 amide bonds. The molecule has 90 heavy (non-hydrogen) atoms. The summed E-state index contributed by atoms with van der Waals surface area (Å²) in [6.45, 7) is 25.3. The number of hydrogen-bond donors (Lipinski definition) is 5. The third kappa shape index (κ3) is 20.9. The summed E-state index contributed by atoms with van der Waals surface area (Å²) in [6, 6.07) is 21.3. The van der Waals surface area contributed by atoms with Crippen LogP contribution in [0.3, 0.4) is 0 Å². The summed E-state index contributed by atoms with van der Waals surface area (Å²) >= 11 is 0. The normalized spacial score (nSPS) is 19.7. The molecule has 9 atom stereocenters. The lowest BCUT2D eigenvalue weighted by Gasteiger charge is -2.46. The summed E-state index contributed by atoms with van der Waals surface area (Å²) in [5, 5.41) is 49.3. The van der Waals surface area contributed by atoms with Gasteiger partial charge in [-0.3, -0.25) is 0 Å². The molecule has 1 saturated carbocycles. The highest BCUT2D eigenvalue weighted by Crippen LogP contribution is 2.51. The van der Waals surface area contributed by atoms with Gasteiger partial charge in [0.05, 0.1) is 0 Å². The molecule has 0 heterocycles. The number of alkyl halides is 15. The van der Waals surface area contributed by atoms with E-state index in [4.69, 9.17) is 19.3 Å². The Morgan fingerprint density at radius 1 is 0.578 bits per heavy atom. The summed E-state index contributed by atoms with van der Waals surface area (Å²) in [5.74, 6) is -4.31. The molecular weight excluding hydrogens is 1230 g/mol. The molecule has 6 rings (SSSR count). The number of halogens is 15. The fourth-order valence-corrected chi connectivity index (χ4v) is 8.74. The van der Waals surface area contributed by atoms with Gasteiger partial charge in [0.2, 0.25) is 0 Å². The maximum absolute atomic E-state index is 13.1. The lowest BCUT2D eigenvalue weighted by atomic mass is 9.67. The van der Waals surface area contributed by atoms with Crippen molar-refractivity contribution in [2.45, 2.75) is 172 Å². The molecule has 2 aliphatic carbocycles. The summed E-state index contributed by atoms with van der Waals surface area (Å²) < 4.78 is 212. The summed E-state index contributed by atoms with van der Waals surface area (Å²) in [5.41, 5.74) is -11.9. The van der Waals surface area contributed by atoms with Crippen LogP contribution in [0.25, 0.3) is 35.1 Å². The number of benzene rings is 4. The van der Waals surface area contributed by atoms with Gasteiger partial charge in [0.25, 0.3) is 0 Å². The molecule has 0 aromatic heterocycles. The van der Waals surface area contributed by atoms with Gasteiger partial charge in [-0.25, -0.2) is 9.59 Å². The minimum Gasteiger partial charge on any atom is -0.465 e. The van der Waals surface area contributed by atoms with Gasteiger partial charge in [-0.2, -0.15) is 65.9 Å². The van der Waals surface area contributed by atoms with E-state index in [9.17, 15) is 95.9 Å². The van der Waals surface area contributed by atoms with Crippen LogP contribution < -0.4 is 4.74 Å². The van der Waals surface area contributed by atoms with E-state index in [1.165, 1.54) is 57.2 Å². The predicted molar refractivity (Wildman–Crippen MR) is 309 cm³/mol. The Hall–Kier alpha value is -6.71. The van der Waals surface area contributed by atoms with E-state index in [1.54, 1.807) is 24.3 Å². The van der Waals surface area contributed by atoms with Crippen molar-refractivity contribution in [1.29, 1.82) is 0 Å². The highest BCUT2D eigenvalue weighted by Gasteiger charge is 2.62. The van der Waals surface area contributed by atoms with Crippen molar-refractivity contribution in [3.05, 3.63) is 150 Å². The zero-order valence-corrected chi connectivity index (χ0v) is 50.9. The number of esters is 2. The lowest BCUT2D eigenvalue weighted by Crippen LogP contribution is -2.57.